The lowest BCUT2D eigenvalue weighted by molar-refractivity contribution is 0.584. The summed E-state index contributed by atoms with van der Waals surface area (Å²) in [6.07, 6.45) is 6.63. The van der Waals surface area contributed by atoms with E-state index < -0.39 is 11.6 Å². The van der Waals surface area contributed by atoms with Crippen LogP contribution in [0.4, 0.5) is 14.5 Å². The molecule has 0 radical (unpaired) electrons. The van der Waals surface area contributed by atoms with E-state index in [9.17, 15) is 8.78 Å². The molecule has 0 aromatic heterocycles. The van der Waals surface area contributed by atoms with Crippen molar-refractivity contribution in [2.75, 3.05) is 5.73 Å². The summed E-state index contributed by atoms with van der Waals surface area (Å²) in [5, 5.41) is 0. The second-order valence-corrected chi connectivity index (χ2v) is 3.21. The van der Waals surface area contributed by atoms with Gasteiger partial charge in [-0.2, -0.15) is 0 Å². The first-order valence-corrected chi connectivity index (χ1v) is 4.80. The molecule has 0 saturated carbocycles. The Morgan fingerprint density at radius 2 is 2.00 bits per heavy atom. The first kappa shape index (κ1) is 12.2. The lowest BCUT2D eigenvalue weighted by Gasteiger charge is -2.06. The van der Waals surface area contributed by atoms with Gasteiger partial charge in [-0.3, -0.25) is 0 Å². The van der Waals surface area contributed by atoms with Crippen molar-refractivity contribution in [2.24, 2.45) is 0 Å². The summed E-state index contributed by atoms with van der Waals surface area (Å²) in [5.74, 6) is -1.39. The predicted molar refractivity (Wildman–Crippen MR) is 63.8 cm³/mol. The normalized spacial score (nSPS) is 12.1. The van der Waals surface area contributed by atoms with Crippen molar-refractivity contribution in [3.05, 3.63) is 60.2 Å². The molecule has 0 unspecified atom stereocenters. The number of rotatable bonds is 3. The molecule has 0 heterocycles. The molecule has 0 aliphatic rings. The minimum absolute atomic E-state index is 0.0733. The monoisotopic (exact) mass is 221 g/mol. The molecule has 16 heavy (non-hydrogen) atoms. The fraction of sp³-hybridized carbons (Fsp3) is 0.0769. The average Bonchev–Trinajstić information content (AvgIpc) is 2.23. The van der Waals surface area contributed by atoms with Crippen LogP contribution in [0.5, 0.6) is 0 Å². The van der Waals surface area contributed by atoms with Gasteiger partial charge in [0, 0.05) is 11.6 Å². The Hall–Kier alpha value is -1.90. The first-order valence-electron chi connectivity index (χ1n) is 4.80. The van der Waals surface area contributed by atoms with Crippen LogP contribution in [0.25, 0.3) is 5.57 Å². The Kier molecular flexibility index (Phi) is 4.00. The number of benzene rings is 1. The average molecular weight is 221 g/mol. The second-order valence-electron chi connectivity index (χ2n) is 3.21. The van der Waals surface area contributed by atoms with Crippen LogP contribution < -0.4 is 5.73 Å². The highest BCUT2D eigenvalue weighted by Gasteiger charge is 2.09. The predicted octanol–water partition coefficient (Wildman–Crippen LogP) is 3.69. The summed E-state index contributed by atoms with van der Waals surface area (Å²) in [5.41, 5.74) is 6.19. The van der Waals surface area contributed by atoms with E-state index in [1.807, 2.05) is 6.92 Å². The molecule has 1 nitrogen and oxygen atoms in total. The highest BCUT2D eigenvalue weighted by atomic mass is 19.1. The molecule has 0 aliphatic carbocycles. The van der Waals surface area contributed by atoms with E-state index >= 15 is 0 Å². The van der Waals surface area contributed by atoms with Gasteiger partial charge in [0.15, 0.2) is 0 Å². The van der Waals surface area contributed by atoms with Gasteiger partial charge >= 0.3 is 0 Å². The third kappa shape index (κ3) is 2.57. The third-order valence-corrected chi connectivity index (χ3v) is 2.04. The summed E-state index contributed by atoms with van der Waals surface area (Å²) in [7, 11) is 0. The zero-order chi connectivity index (χ0) is 12.1. The molecule has 0 amide bonds. The number of anilines is 1. The molecule has 3 heteroatoms. The molecule has 0 saturated heterocycles. The first-order chi connectivity index (χ1) is 7.60. The Morgan fingerprint density at radius 3 is 2.56 bits per heavy atom. The lowest BCUT2D eigenvalue weighted by Crippen LogP contribution is -1.96. The quantitative estimate of drug-likeness (QED) is 0.611. The minimum Gasteiger partial charge on any atom is -0.396 e. The van der Waals surface area contributed by atoms with Crippen LogP contribution in [0.2, 0.25) is 0 Å². The van der Waals surface area contributed by atoms with Gasteiger partial charge in [0.1, 0.15) is 11.6 Å². The zero-order valence-electron chi connectivity index (χ0n) is 9.00. The van der Waals surface area contributed by atoms with Gasteiger partial charge in [-0.25, -0.2) is 8.78 Å². The standard InChI is InChI=1S/C13H13F2N/c1-3-5-9(6-4-2)10-7-13(16)12(15)8-11(10)14/h3-8H,1,16H2,2H3/b6-4-,9-5+. The largest absolute Gasteiger partial charge is 0.396 e. The topological polar surface area (TPSA) is 26.0 Å². The maximum atomic E-state index is 13.5. The van der Waals surface area contributed by atoms with Crippen LogP contribution in [-0.2, 0) is 0 Å². The van der Waals surface area contributed by atoms with Crippen LogP contribution >= 0.6 is 0 Å². The number of hydrogen-bond donors (Lipinski definition) is 1. The Balaban J connectivity index is 3.35. The highest BCUT2D eigenvalue weighted by molar-refractivity contribution is 5.77. The van der Waals surface area contributed by atoms with Crippen LogP contribution in [-0.4, -0.2) is 0 Å². The Bertz CT molecular complexity index is 459. The maximum absolute atomic E-state index is 13.5. The molecule has 1 aromatic carbocycles. The van der Waals surface area contributed by atoms with E-state index in [0.717, 1.165) is 6.07 Å². The second kappa shape index (κ2) is 5.26. The van der Waals surface area contributed by atoms with E-state index in [2.05, 4.69) is 6.58 Å². The van der Waals surface area contributed by atoms with Gasteiger partial charge in [-0.15, -0.1) is 0 Å². The minimum atomic E-state index is -0.750. The fourth-order valence-electron chi connectivity index (χ4n) is 1.33. The number of hydrogen-bond acceptors (Lipinski definition) is 1. The van der Waals surface area contributed by atoms with Crippen molar-refractivity contribution in [3.8, 4) is 0 Å². The van der Waals surface area contributed by atoms with E-state index in [1.165, 1.54) is 12.1 Å². The number of nitrogens with two attached hydrogens (primary N) is 1. The van der Waals surface area contributed by atoms with Crippen LogP contribution in [0.1, 0.15) is 12.5 Å². The summed E-state index contributed by atoms with van der Waals surface area (Å²) in [4.78, 5) is 0. The summed E-state index contributed by atoms with van der Waals surface area (Å²) in [6.45, 7) is 5.35. The van der Waals surface area contributed by atoms with Crippen molar-refractivity contribution in [3.63, 3.8) is 0 Å². The molecule has 0 spiro atoms. The zero-order valence-corrected chi connectivity index (χ0v) is 9.00. The van der Waals surface area contributed by atoms with Gasteiger partial charge in [0.25, 0.3) is 0 Å². The van der Waals surface area contributed by atoms with Crippen LogP contribution in [0.15, 0.2) is 43.0 Å². The molecule has 1 aromatic rings. The molecule has 0 fully saturated rings. The van der Waals surface area contributed by atoms with Gasteiger partial charge in [0.05, 0.1) is 5.69 Å². The van der Waals surface area contributed by atoms with Gasteiger partial charge < -0.3 is 5.73 Å². The highest BCUT2D eigenvalue weighted by Crippen LogP contribution is 2.24. The SMILES string of the molecule is C=C/C=C(\C=C/C)c1cc(N)c(F)cc1F. The Morgan fingerprint density at radius 1 is 1.31 bits per heavy atom. The number of allylic oxidation sites excluding steroid dienone is 5. The lowest BCUT2D eigenvalue weighted by atomic mass is 10.0. The number of halogens is 2. The van der Waals surface area contributed by atoms with Gasteiger partial charge in [0.2, 0.25) is 0 Å². The maximum Gasteiger partial charge on any atom is 0.149 e. The van der Waals surface area contributed by atoms with Crippen molar-refractivity contribution < 1.29 is 8.78 Å². The molecular weight excluding hydrogens is 208 g/mol. The van der Waals surface area contributed by atoms with E-state index in [-0.39, 0.29) is 11.3 Å². The summed E-state index contributed by atoms with van der Waals surface area (Å²) in [6, 6.07) is 2.06. The summed E-state index contributed by atoms with van der Waals surface area (Å²) >= 11 is 0. The van der Waals surface area contributed by atoms with Crippen LogP contribution in [0.3, 0.4) is 0 Å². The molecular formula is C13H13F2N. The van der Waals surface area contributed by atoms with Crippen molar-refractivity contribution in [1.82, 2.24) is 0 Å². The van der Waals surface area contributed by atoms with Crippen molar-refractivity contribution in [1.29, 1.82) is 0 Å². The molecule has 1 rings (SSSR count). The van der Waals surface area contributed by atoms with Crippen LogP contribution in [0, 0.1) is 11.6 Å². The molecule has 2 N–H and O–H groups in total. The van der Waals surface area contributed by atoms with Gasteiger partial charge in [-0.1, -0.05) is 30.9 Å². The van der Waals surface area contributed by atoms with Crippen molar-refractivity contribution in [2.45, 2.75) is 6.92 Å². The van der Waals surface area contributed by atoms with E-state index in [0.29, 0.717) is 5.57 Å². The van der Waals surface area contributed by atoms with Gasteiger partial charge in [-0.05, 0) is 18.6 Å². The van der Waals surface area contributed by atoms with E-state index in [4.69, 9.17) is 5.73 Å². The molecule has 0 bridgehead atoms. The summed E-state index contributed by atoms with van der Waals surface area (Å²) < 4.78 is 26.5. The molecule has 0 atom stereocenters. The molecule has 84 valence electrons. The Labute approximate surface area is 93.6 Å². The molecule has 0 aliphatic heterocycles. The van der Waals surface area contributed by atoms with Crippen molar-refractivity contribution >= 4 is 11.3 Å². The smallest absolute Gasteiger partial charge is 0.149 e. The fourth-order valence-corrected chi connectivity index (χ4v) is 1.33. The third-order valence-electron chi connectivity index (χ3n) is 2.04. The number of nitrogen functional groups attached to an aromatic ring is 1. The van der Waals surface area contributed by atoms with E-state index in [1.54, 1.807) is 18.2 Å².